The number of carbonyl (C=O) groups excluding carboxylic acids is 1. The molecule has 7 heteroatoms. The fraction of sp³-hybridized carbons (Fsp3) is 0.231. The average molecular weight is 282 g/mol. The number of alkyl halides is 2. The van der Waals surface area contributed by atoms with Crippen LogP contribution in [0.1, 0.15) is 10.5 Å². The van der Waals surface area contributed by atoms with Crippen LogP contribution in [0.25, 0.3) is 10.9 Å². The summed E-state index contributed by atoms with van der Waals surface area (Å²) in [7, 11) is 0. The van der Waals surface area contributed by atoms with E-state index in [4.69, 9.17) is 5.11 Å². The fourth-order valence-corrected chi connectivity index (χ4v) is 1.70. The highest BCUT2D eigenvalue weighted by atomic mass is 19.3. The van der Waals surface area contributed by atoms with Crippen molar-refractivity contribution >= 4 is 16.8 Å². The van der Waals surface area contributed by atoms with Gasteiger partial charge < -0.3 is 15.4 Å². The second-order valence-corrected chi connectivity index (χ2v) is 4.20. The Kier molecular flexibility index (Phi) is 4.09. The molecule has 1 atom stereocenters. The first-order chi connectivity index (χ1) is 9.49. The molecule has 5 nitrogen and oxygen atoms in total. The summed E-state index contributed by atoms with van der Waals surface area (Å²) in [6, 6.07) is 7.71. The van der Waals surface area contributed by atoms with E-state index in [1.165, 1.54) is 0 Å². The van der Waals surface area contributed by atoms with Crippen molar-refractivity contribution in [3.63, 3.8) is 0 Å². The number of amides is 1. The number of aromatic amines is 1. The molecule has 20 heavy (non-hydrogen) atoms. The van der Waals surface area contributed by atoms with Crippen molar-refractivity contribution in [2.24, 2.45) is 0 Å². The zero-order valence-electron chi connectivity index (χ0n) is 10.3. The van der Waals surface area contributed by atoms with Gasteiger partial charge in [-0.05, 0) is 12.1 Å². The van der Waals surface area contributed by atoms with Crippen LogP contribution in [0.3, 0.4) is 0 Å². The summed E-state index contributed by atoms with van der Waals surface area (Å²) in [6.45, 7) is -0.592. The predicted octanol–water partition coefficient (Wildman–Crippen LogP) is 0.884. The Morgan fingerprint density at radius 2 is 2.05 bits per heavy atom. The summed E-state index contributed by atoms with van der Waals surface area (Å²) in [5, 5.41) is 11.5. The minimum absolute atomic E-state index is 0.0461. The van der Waals surface area contributed by atoms with Crippen LogP contribution in [0.15, 0.2) is 35.1 Å². The Morgan fingerprint density at radius 1 is 1.35 bits per heavy atom. The highest BCUT2D eigenvalue weighted by molar-refractivity contribution is 5.94. The smallest absolute Gasteiger partial charge is 0.267 e. The van der Waals surface area contributed by atoms with Gasteiger partial charge in [0.15, 0.2) is 5.43 Å². The van der Waals surface area contributed by atoms with Crippen LogP contribution in [-0.2, 0) is 0 Å². The van der Waals surface area contributed by atoms with Crippen LogP contribution in [0.5, 0.6) is 0 Å². The van der Waals surface area contributed by atoms with Gasteiger partial charge in [0, 0.05) is 23.5 Å². The number of aliphatic hydroxyl groups excluding tert-OH is 1. The third kappa shape index (κ3) is 3.00. The van der Waals surface area contributed by atoms with Gasteiger partial charge in [-0.15, -0.1) is 0 Å². The third-order valence-electron chi connectivity index (χ3n) is 2.74. The van der Waals surface area contributed by atoms with Crippen LogP contribution in [0.4, 0.5) is 8.78 Å². The maximum absolute atomic E-state index is 12.1. The highest BCUT2D eigenvalue weighted by Gasteiger charge is 2.18. The normalized spacial score (nSPS) is 12.6. The summed E-state index contributed by atoms with van der Waals surface area (Å²) >= 11 is 0. The number of hydrogen-bond acceptors (Lipinski definition) is 3. The molecule has 1 unspecified atom stereocenters. The molecule has 0 radical (unpaired) electrons. The fourth-order valence-electron chi connectivity index (χ4n) is 1.70. The van der Waals surface area contributed by atoms with Crippen molar-refractivity contribution in [3.8, 4) is 0 Å². The van der Waals surface area contributed by atoms with Gasteiger partial charge >= 0.3 is 0 Å². The second-order valence-electron chi connectivity index (χ2n) is 4.20. The largest absolute Gasteiger partial charge is 0.385 e. The SMILES string of the molecule is O=C(NCC(O)C(F)F)c1cc(=O)c2ccccc2[nH]1. The zero-order chi connectivity index (χ0) is 14.7. The number of para-hydroxylation sites is 1. The lowest BCUT2D eigenvalue weighted by Crippen LogP contribution is -2.36. The summed E-state index contributed by atoms with van der Waals surface area (Å²) in [5.74, 6) is -0.729. The minimum Gasteiger partial charge on any atom is -0.385 e. The lowest BCUT2D eigenvalue weighted by molar-refractivity contribution is -0.00272. The van der Waals surface area contributed by atoms with Crippen molar-refractivity contribution < 1.29 is 18.7 Å². The molecule has 0 saturated carbocycles. The number of aliphatic hydroxyl groups is 1. The molecular weight excluding hydrogens is 270 g/mol. The van der Waals surface area contributed by atoms with Gasteiger partial charge in [-0.3, -0.25) is 9.59 Å². The second kappa shape index (κ2) is 5.79. The van der Waals surface area contributed by atoms with E-state index in [1.54, 1.807) is 24.3 Å². The summed E-state index contributed by atoms with van der Waals surface area (Å²) in [6.07, 6.45) is -4.88. The number of H-pyrrole nitrogens is 1. The standard InChI is InChI=1S/C13H12F2N2O3/c14-12(15)11(19)6-16-13(20)9-5-10(18)7-3-1-2-4-8(7)17-9/h1-5,11-12,19H,6H2,(H,16,20)(H,17,18). The zero-order valence-corrected chi connectivity index (χ0v) is 10.3. The number of pyridine rings is 1. The highest BCUT2D eigenvalue weighted by Crippen LogP contribution is 2.07. The molecule has 0 aliphatic carbocycles. The summed E-state index contributed by atoms with van der Waals surface area (Å²) in [4.78, 5) is 26.3. The van der Waals surface area contributed by atoms with E-state index in [0.29, 0.717) is 10.9 Å². The lowest BCUT2D eigenvalue weighted by atomic mass is 10.2. The number of aromatic nitrogens is 1. The van der Waals surface area contributed by atoms with E-state index in [0.717, 1.165) is 6.07 Å². The molecule has 0 aliphatic rings. The molecule has 1 amide bonds. The molecule has 0 fully saturated rings. The molecule has 0 spiro atoms. The Hall–Kier alpha value is -2.28. The van der Waals surface area contributed by atoms with Crippen LogP contribution >= 0.6 is 0 Å². The molecule has 0 aliphatic heterocycles. The quantitative estimate of drug-likeness (QED) is 0.778. The first-order valence-electron chi connectivity index (χ1n) is 5.85. The third-order valence-corrected chi connectivity index (χ3v) is 2.74. The number of halogens is 2. The number of carbonyl (C=O) groups is 1. The van der Waals surface area contributed by atoms with Gasteiger partial charge in [0.25, 0.3) is 12.3 Å². The van der Waals surface area contributed by atoms with Gasteiger partial charge in [0.2, 0.25) is 0 Å². The Bertz CT molecular complexity index is 685. The van der Waals surface area contributed by atoms with E-state index < -0.39 is 25.0 Å². The van der Waals surface area contributed by atoms with Crippen molar-refractivity contribution in [1.29, 1.82) is 0 Å². The van der Waals surface area contributed by atoms with Gasteiger partial charge in [-0.2, -0.15) is 0 Å². The van der Waals surface area contributed by atoms with Crippen molar-refractivity contribution in [1.82, 2.24) is 10.3 Å². The average Bonchev–Trinajstić information content (AvgIpc) is 2.44. The monoisotopic (exact) mass is 282 g/mol. The Balaban J connectivity index is 2.21. The first-order valence-corrected chi connectivity index (χ1v) is 5.85. The van der Waals surface area contributed by atoms with E-state index in [-0.39, 0.29) is 11.1 Å². The molecule has 0 bridgehead atoms. The Morgan fingerprint density at radius 3 is 2.75 bits per heavy atom. The number of benzene rings is 1. The van der Waals surface area contributed by atoms with Gasteiger partial charge in [-0.1, -0.05) is 12.1 Å². The minimum atomic E-state index is -2.94. The van der Waals surface area contributed by atoms with Gasteiger partial charge in [-0.25, -0.2) is 8.78 Å². The molecule has 106 valence electrons. The molecule has 2 rings (SSSR count). The van der Waals surface area contributed by atoms with Crippen LogP contribution in [0, 0.1) is 0 Å². The summed E-state index contributed by atoms with van der Waals surface area (Å²) < 4.78 is 24.2. The van der Waals surface area contributed by atoms with Gasteiger partial charge in [0.05, 0.1) is 0 Å². The van der Waals surface area contributed by atoms with Crippen LogP contribution in [-0.4, -0.2) is 35.1 Å². The molecule has 0 saturated heterocycles. The number of nitrogens with one attached hydrogen (secondary N) is 2. The maximum atomic E-state index is 12.1. The summed E-state index contributed by atoms with van der Waals surface area (Å²) in [5.41, 5.74) is 0.0774. The maximum Gasteiger partial charge on any atom is 0.267 e. The van der Waals surface area contributed by atoms with Crippen molar-refractivity contribution in [2.45, 2.75) is 12.5 Å². The molecule has 1 aromatic carbocycles. The topological polar surface area (TPSA) is 82.2 Å². The molecular formula is C13H12F2N2O3. The molecule has 2 aromatic rings. The number of hydrogen-bond donors (Lipinski definition) is 3. The first kappa shape index (κ1) is 14.1. The van der Waals surface area contributed by atoms with E-state index >= 15 is 0 Å². The lowest BCUT2D eigenvalue weighted by Gasteiger charge is -2.10. The van der Waals surface area contributed by atoms with Crippen molar-refractivity contribution in [2.75, 3.05) is 6.54 Å². The van der Waals surface area contributed by atoms with Crippen molar-refractivity contribution in [3.05, 3.63) is 46.2 Å². The van der Waals surface area contributed by atoms with Gasteiger partial charge in [0.1, 0.15) is 11.8 Å². The van der Waals surface area contributed by atoms with Crippen LogP contribution < -0.4 is 10.7 Å². The predicted molar refractivity (Wildman–Crippen MR) is 68.9 cm³/mol. The number of fused-ring (bicyclic) bond motifs is 1. The molecule has 1 heterocycles. The van der Waals surface area contributed by atoms with Crippen LogP contribution in [0.2, 0.25) is 0 Å². The van der Waals surface area contributed by atoms with E-state index in [9.17, 15) is 18.4 Å². The Labute approximate surface area is 112 Å². The molecule has 1 aromatic heterocycles. The van der Waals surface area contributed by atoms with E-state index in [1.807, 2.05) is 0 Å². The van der Waals surface area contributed by atoms with E-state index in [2.05, 4.69) is 10.3 Å². The number of rotatable bonds is 4. The molecule has 3 N–H and O–H groups in total.